The fraction of sp³-hybridized carbons (Fsp3) is 0.652. The van der Waals surface area contributed by atoms with E-state index in [1.54, 1.807) is 12.1 Å². The van der Waals surface area contributed by atoms with Crippen LogP contribution in [0, 0.1) is 11.6 Å². The molecule has 4 fully saturated rings. The second kappa shape index (κ2) is 31.8. The number of nitrogens with zero attached hydrogens (tertiary/aromatic N) is 4. The van der Waals surface area contributed by atoms with Crippen LogP contribution in [-0.2, 0) is 16.2 Å². The number of allylic oxidation sites excluding steroid dienone is 3. The van der Waals surface area contributed by atoms with Crippen molar-refractivity contribution in [3.63, 3.8) is 0 Å². The van der Waals surface area contributed by atoms with Gasteiger partial charge >= 0.3 is 0 Å². The molecule has 4 heterocycles. The van der Waals surface area contributed by atoms with E-state index in [1.807, 2.05) is 43.3 Å². The predicted octanol–water partition coefficient (Wildman–Crippen LogP) is 17.2. The molecular formula is C69H107ClF3N5. The number of rotatable bonds is 21. The number of piperidine rings is 3. The molecular weight excluding hydrogens is 991 g/mol. The number of halogens is 4. The van der Waals surface area contributed by atoms with Crippen molar-refractivity contribution in [3.05, 3.63) is 141 Å². The summed E-state index contributed by atoms with van der Waals surface area (Å²) in [5.74, 6) is -0.364. The summed E-state index contributed by atoms with van der Waals surface area (Å²) in [5, 5.41) is 4.28. The number of hydrogen-bond donors (Lipinski definition) is 1. The van der Waals surface area contributed by atoms with Crippen LogP contribution in [0.15, 0.2) is 108 Å². The van der Waals surface area contributed by atoms with E-state index in [0.717, 1.165) is 41.9 Å². The summed E-state index contributed by atoms with van der Waals surface area (Å²) in [7, 11) is 0. The maximum absolute atomic E-state index is 13.4. The van der Waals surface area contributed by atoms with Gasteiger partial charge < -0.3 is 15.1 Å². The highest BCUT2D eigenvalue weighted by Gasteiger charge is 2.34. The van der Waals surface area contributed by atoms with Gasteiger partial charge in [-0.2, -0.15) is 0 Å². The zero-order valence-corrected chi connectivity index (χ0v) is 51.9. The van der Waals surface area contributed by atoms with E-state index in [4.69, 9.17) is 11.6 Å². The van der Waals surface area contributed by atoms with Gasteiger partial charge in [0.1, 0.15) is 17.8 Å². The molecule has 9 heteroatoms. The van der Waals surface area contributed by atoms with Gasteiger partial charge in [0, 0.05) is 61.4 Å². The summed E-state index contributed by atoms with van der Waals surface area (Å²) in [6, 6.07) is 25.0. The Morgan fingerprint density at radius 2 is 0.872 bits per heavy atom. The molecule has 5 nitrogen and oxygen atoms in total. The fourth-order valence-electron chi connectivity index (χ4n) is 12.8. The van der Waals surface area contributed by atoms with Gasteiger partial charge in [0.05, 0.1) is 0 Å². The van der Waals surface area contributed by atoms with Crippen LogP contribution in [0.3, 0.4) is 0 Å². The van der Waals surface area contributed by atoms with Crippen LogP contribution in [0.2, 0.25) is 5.02 Å². The first-order chi connectivity index (χ1) is 36.9. The topological polar surface area (TPSA) is 25.0 Å². The smallest absolute Gasteiger partial charge is 0.123 e. The molecule has 7 rings (SSSR count). The number of alkyl halides is 1. The molecule has 436 valence electrons. The zero-order chi connectivity index (χ0) is 57.0. The first kappa shape index (κ1) is 65.6. The summed E-state index contributed by atoms with van der Waals surface area (Å²) in [4.78, 5) is 10.9. The SMILES string of the molecule is CC(C)=CC(CC(C)(C)c1ccc(Cl)cc1)N1CCC(N2CCCC2)CC1.CC(C)=CC(CC(C)(C)c1ccc(F)cc1)N1CCC(N2CCCCC2)CC1.CCC(F)CCNC(C=C(C)C)CC(C)(C)c1ccc(F)cc1. The molecule has 3 aromatic carbocycles. The highest BCUT2D eigenvalue weighted by Crippen LogP contribution is 2.36. The quantitative estimate of drug-likeness (QED) is 0.107. The summed E-state index contributed by atoms with van der Waals surface area (Å²) < 4.78 is 39.9. The van der Waals surface area contributed by atoms with E-state index in [1.165, 1.54) is 150 Å². The lowest BCUT2D eigenvalue weighted by molar-refractivity contribution is 0.0755. The Kier molecular flexibility index (Phi) is 26.8. The molecule has 0 radical (unpaired) electrons. The second-order valence-corrected chi connectivity index (χ2v) is 26.8. The van der Waals surface area contributed by atoms with Crippen LogP contribution in [0.5, 0.6) is 0 Å². The first-order valence-corrected chi connectivity index (χ1v) is 30.9. The monoisotopic (exact) mass is 1100 g/mol. The standard InChI is InChI=1S/C25H39FN2.C24H37ClN2.C20H31F2N/c1-20(2)18-24(19-25(3,4)21-8-10-22(26)11-9-21)28-16-12-23(13-17-28)27-14-6-5-7-15-27;1-19(2)17-23(18-24(3,4)20-7-9-21(25)10-8-20)27-15-11-22(12-16-27)26-13-5-6-14-26;1-6-17(21)11-12-23-19(13-15(2)3)14-20(4,5)16-7-9-18(22)10-8-16/h8-11,18,23-24H,5-7,12-17,19H2,1-4H3;7-10,17,22-23H,5-6,11-16,18H2,1-4H3;7-10,13,17,19,23H,6,11-12,14H2,1-5H3. The van der Waals surface area contributed by atoms with Crippen molar-refractivity contribution in [2.75, 3.05) is 58.9 Å². The average Bonchev–Trinajstić information content (AvgIpc) is 3.95. The lowest BCUT2D eigenvalue weighted by Crippen LogP contribution is -2.49. The molecule has 0 aromatic heterocycles. The third kappa shape index (κ3) is 21.9. The molecule has 4 saturated heterocycles. The average molecular weight is 1100 g/mol. The minimum absolute atomic E-state index is 0.0219. The highest BCUT2D eigenvalue weighted by atomic mass is 35.5. The molecule has 3 aromatic rings. The Bertz CT molecular complexity index is 2250. The maximum Gasteiger partial charge on any atom is 0.123 e. The highest BCUT2D eigenvalue weighted by molar-refractivity contribution is 6.30. The summed E-state index contributed by atoms with van der Waals surface area (Å²) >= 11 is 6.10. The van der Waals surface area contributed by atoms with Gasteiger partial charge in [-0.1, -0.05) is 138 Å². The first-order valence-electron chi connectivity index (χ1n) is 30.5. The van der Waals surface area contributed by atoms with Crippen molar-refractivity contribution in [2.24, 2.45) is 0 Å². The molecule has 4 unspecified atom stereocenters. The third-order valence-electron chi connectivity index (χ3n) is 17.4. The van der Waals surface area contributed by atoms with Crippen molar-refractivity contribution in [3.8, 4) is 0 Å². The Morgan fingerprint density at radius 3 is 1.23 bits per heavy atom. The van der Waals surface area contributed by atoms with E-state index in [-0.39, 0.29) is 33.9 Å². The largest absolute Gasteiger partial charge is 0.310 e. The van der Waals surface area contributed by atoms with Gasteiger partial charge in [-0.05, 0) is 227 Å². The zero-order valence-electron chi connectivity index (χ0n) is 51.2. The van der Waals surface area contributed by atoms with Gasteiger partial charge in [0.25, 0.3) is 0 Å². The molecule has 4 aliphatic rings. The van der Waals surface area contributed by atoms with Crippen molar-refractivity contribution >= 4 is 11.6 Å². The lowest BCUT2D eigenvalue weighted by atomic mass is 9.78. The predicted molar refractivity (Wildman–Crippen MR) is 330 cm³/mol. The van der Waals surface area contributed by atoms with Crippen LogP contribution in [0.25, 0.3) is 0 Å². The summed E-state index contributed by atoms with van der Waals surface area (Å²) in [5.41, 5.74) is 7.84. The minimum Gasteiger partial charge on any atom is -0.310 e. The van der Waals surface area contributed by atoms with Crippen LogP contribution in [0.4, 0.5) is 13.2 Å². The summed E-state index contributed by atoms with van der Waals surface area (Å²) in [6.45, 7) is 39.3. The molecule has 0 saturated carbocycles. The molecule has 4 aliphatic heterocycles. The van der Waals surface area contributed by atoms with Crippen molar-refractivity contribution < 1.29 is 13.2 Å². The number of benzene rings is 3. The maximum atomic E-state index is 13.4. The molecule has 1 N–H and O–H groups in total. The molecule has 0 bridgehead atoms. The van der Waals surface area contributed by atoms with E-state index in [0.29, 0.717) is 31.5 Å². The van der Waals surface area contributed by atoms with Crippen molar-refractivity contribution in [1.82, 2.24) is 24.9 Å². The number of nitrogens with one attached hydrogen (secondary N) is 1. The molecule has 78 heavy (non-hydrogen) atoms. The van der Waals surface area contributed by atoms with Gasteiger partial charge in [-0.3, -0.25) is 9.80 Å². The van der Waals surface area contributed by atoms with Gasteiger partial charge in [-0.25, -0.2) is 13.2 Å². The van der Waals surface area contributed by atoms with Gasteiger partial charge in [-0.15, -0.1) is 0 Å². The Morgan fingerprint density at radius 1 is 0.526 bits per heavy atom. The minimum atomic E-state index is -0.736. The van der Waals surface area contributed by atoms with Crippen LogP contribution in [0.1, 0.15) is 197 Å². The molecule has 0 spiro atoms. The van der Waals surface area contributed by atoms with E-state index in [9.17, 15) is 13.2 Å². The Balaban J connectivity index is 0.000000217. The van der Waals surface area contributed by atoms with Crippen LogP contribution in [-0.4, -0.2) is 115 Å². The van der Waals surface area contributed by atoms with E-state index in [2.05, 4.69) is 138 Å². The van der Waals surface area contributed by atoms with Gasteiger partial charge in [0.15, 0.2) is 0 Å². The lowest BCUT2D eigenvalue weighted by Gasteiger charge is -2.43. The van der Waals surface area contributed by atoms with E-state index >= 15 is 0 Å². The van der Waals surface area contributed by atoms with Gasteiger partial charge in [0.2, 0.25) is 0 Å². The number of likely N-dealkylation sites (tertiary alicyclic amines) is 4. The fourth-order valence-corrected chi connectivity index (χ4v) is 12.9. The van der Waals surface area contributed by atoms with Crippen LogP contribution < -0.4 is 5.32 Å². The number of hydrogen-bond acceptors (Lipinski definition) is 5. The molecule has 0 aliphatic carbocycles. The summed E-state index contributed by atoms with van der Waals surface area (Å²) in [6.07, 6.45) is 22.8. The third-order valence-corrected chi connectivity index (χ3v) is 17.7. The second-order valence-electron chi connectivity index (χ2n) is 26.4. The Labute approximate surface area is 479 Å². The van der Waals surface area contributed by atoms with E-state index < -0.39 is 6.17 Å². The van der Waals surface area contributed by atoms with Crippen molar-refractivity contribution in [2.45, 2.75) is 233 Å². The molecule has 4 atom stereocenters. The normalized spacial score (nSPS) is 19.3. The molecule has 0 amide bonds. The Hall–Kier alpha value is -3.24. The van der Waals surface area contributed by atoms with Crippen LogP contribution >= 0.6 is 11.6 Å². The van der Waals surface area contributed by atoms with Crippen molar-refractivity contribution in [1.29, 1.82) is 0 Å².